The molecule has 0 aliphatic carbocycles. The molecule has 1 nitrogen and oxygen atoms in total. The summed E-state index contributed by atoms with van der Waals surface area (Å²) in [5, 5.41) is 0. The topological polar surface area (TPSA) is 12.9 Å². The van der Waals surface area contributed by atoms with E-state index >= 15 is 0 Å². The number of rotatable bonds is 1. The Hall–Kier alpha value is -1.26. The SMILES string of the molecule is Cc1ccnc(-c2[c-]cc(F)c(C(F)(F)F)c2)c1.[Ir]. The summed E-state index contributed by atoms with van der Waals surface area (Å²) in [5.41, 5.74) is -0.00114. The van der Waals surface area contributed by atoms with Gasteiger partial charge in [-0.2, -0.15) is 13.2 Å². The first-order valence-electron chi connectivity index (χ1n) is 5.09. The molecule has 0 aliphatic rings. The van der Waals surface area contributed by atoms with E-state index in [1.54, 1.807) is 19.1 Å². The summed E-state index contributed by atoms with van der Waals surface area (Å²) in [5.74, 6) is -1.33. The van der Waals surface area contributed by atoms with Crippen LogP contribution in [-0.2, 0) is 26.3 Å². The molecule has 0 saturated heterocycles. The number of pyridine rings is 1. The van der Waals surface area contributed by atoms with E-state index in [1.807, 2.05) is 0 Å². The number of alkyl halides is 3. The maximum absolute atomic E-state index is 13.1. The van der Waals surface area contributed by atoms with E-state index in [9.17, 15) is 17.6 Å². The standard InChI is InChI=1S/C13H8F4N.Ir/c1-8-4-5-18-12(6-8)9-2-3-11(14)10(7-9)13(15,16)17;/h3-7H,1H3;/q-1;. The van der Waals surface area contributed by atoms with Crippen molar-refractivity contribution in [1.82, 2.24) is 4.98 Å². The molecule has 0 unspecified atom stereocenters. The molecule has 0 fully saturated rings. The van der Waals surface area contributed by atoms with Crippen molar-refractivity contribution in [2.45, 2.75) is 13.1 Å². The second-order valence-corrected chi connectivity index (χ2v) is 3.82. The van der Waals surface area contributed by atoms with Gasteiger partial charge in [-0.15, -0.1) is 23.8 Å². The van der Waals surface area contributed by atoms with E-state index in [1.165, 1.54) is 6.20 Å². The van der Waals surface area contributed by atoms with E-state index in [2.05, 4.69) is 11.1 Å². The molecule has 0 saturated carbocycles. The zero-order chi connectivity index (χ0) is 13.3. The van der Waals surface area contributed by atoms with Crippen LogP contribution in [0.4, 0.5) is 17.6 Å². The van der Waals surface area contributed by atoms with Crippen LogP contribution < -0.4 is 0 Å². The van der Waals surface area contributed by atoms with Crippen LogP contribution in [0.25, 0.3) is 11.3 Å². The summed E-state index contributed by atoms with van der Waals surface area (Å²) in [6.45, 7) is 1.79. The molecule has 6 heteroatoms. The second kappa shape index (κ2) is 5.80. The van der Waals surface area contributed by atoms with Crippen molar-refractivity contribution in [2.24, 2.45) is 0 Å². The fourth-order valence-electron chi connectivity index (χ4n) is 1.52. The maximum atomic E-state index is 13.1. The van der Waals surface area contributed by atoms with Gasteiger partial charge in [-0.05, 0) is 18.7 Å². The molecular formula is C13H8F4IrN-. The molecule has 1 aromatic heterocycles. The number of hydrogen-bond donors (Lipinski definition) is 0. The summed E-state index contributed by atoms with van der Waals surface area (Å²) in [6.07, 6.45) is -3.24. The first kappa shape index (κ1) is 15.8. The van der Waals surface area contributed by atoms with Gasteiger partial charge in [0.15, 0.2) is 0 Å². The maximum Gasteiger partial charge on any atom is 0.402 e. The molecule has 0 N–H and O–H groups in total. The minimum Gasteiger partial charge on any atom is -0.305 e. The molecule has 19 heavy (non-hydrogen) atoms. The number of benzene rings is 1. The number of hydrogen-bond acceptors (Lipinski definition) is 1. The Morgan fingerprint density at radius 1 is 1.21 bits per heavy atom. The third-order valence-electron chi connectivity index (χ3n) is 2.40. The van der Waals surface area contributed by atoms with Gasteiger partial charge in [0.25, 0.3) is 0 Å². The van der Waals surface area contributed by atoms with E-state index in [-0.39, 0.29) is 25.7 Å². The van der Waals surface area contributed by atoms with Crippen molar-refractivity contribution in [2.75, 3.05) is 0 Å². The monoisotopic (exact) mass is 447 g/mol. The van der Waals surface area contributed by atoms with Crippen LogP contribution >= 0.6 is 0 Å². The molecule has 1 heterocycles. The summed E-state index contributed by atoms with van der Waals surface area (Å²) in [6, 6.07) is 7.19. The van der Waals surface area contributed by atoms with Gasteiger partial charge in [0.05, 0.1) is 0 Å². The third kappa shape index (κ3) is 3.61. The van der Waals surface area contributed by atoms with E-state index < -0.39 is 17.6 Å². The van der Waals surface area contributed by atoms with E-state index in [4.69, 9.17) is 0 Å². The summed E-state index contributed by atoms with van der Waals surface area (Å²) in [7, 11) is 0. The molecule has 0 atom stereocenters. The Labute approximate surface area is 121 Å². The van der Waals surface area contributed by atoms with Gasteiger partial charge in [-0.3, -0.25) is 4.39 Å². The van der Waals surface area contributed by atoms with Crippen LogP contribution in [-0.4, -0.2) is 4.98 Å². The van der Waals surface area contributed by atoms with Crippen LogP contribution in [0.2, 0.25) is 0 Å². The smallest absolute Gasteiger partial charge is 0.305 e. The average Bonchev–Trinajstić information content (AvgIpc) is 2.28. The second-order valence-electron chi connectivity index (χ2n) is 3.82. The van der Waals surface area contributed by atoms with Gasteiger partial charge < -0.3 is 4.98 Å². The average molecular weight is 446 g/mol. The zero-order valence-corrected chi connectivity index (χ0v) is 12.1. The fraction of sp³-hybridized carbons (Fsp3) is 0.154. The normalized spacial score (nSPS) is 11.0. The molecular weight excluding hydrogens is 438 g/mol. The third-order valence-corrected chi connectivity index (χ3v) is 2.40. The van der Waals surface area contributed by atoms with Crippen molar-refractivity contribution < 1.29 is 37.7 Å². The minimum atomic E-state index is -4.72. The Bertz CT molecular complexity index is 581. The van der Waals surface area contributed by atoms with Crippen molar-refractivity contribution in [3.05, 3.63) is 53.5 Å². The molecule has 103 valence electrons. The van der Waals surface area contributed by atoms with Crippen LogP contribution in [0.15, 0.2) is 30.5 Å². The molecule has 2 aromatic rings. The molecule has 0 spiro atoms. The van der Waals surface area contributed by atoms with Crippen molar-refractivity contribution in [3.63, 3.8) is 0 Å². The number of aromatic nitrogens is 1. The van der Waals surface area contributed by atoms with Gasteiger partial charge in [-0.25, -0.2) is 0 Å². The van der Waals surface area contributed by atoms with Gasteiger partial charge >= 0.3 is 6.18 Å². The molecule has 1 radical (unpaired) electrons. The van der Waals surface area contributed by atoms with Gasteiger partial charge in [0.2, 0.25) is 0 Å². The quantitative estimate of drug-likeness (QED) is 0.477. The van der Waals surface area contributed by atoms with Crippen LogP contribution in [0.3, 0.4) is 0 Å². The van der Waals surface area contributed by atoms with Crippen LogP contribution in [0, 0.1) is 18.8 Å². The Morgan fingerprint density at radius 2 is 1.89 bits per heavy atom. The Morgan fingerprint density at radius 3 is 2.47 bits per heavy atom. The predicted octanol–water partition coefficient (Wildman–Crippen LogP) is 4.01. The first-order chi connectivity index (χ1) is 8.38. The zero-order valence-electron chi connectivity index (χ0n) is 9.68. The summed E-state index contributed by atoms with van der Waals surface area (Å²) < 4.78 is 50.7. The van der Waals surface area contributed by atoms with Gasteiger partial charge in [0.1, 0.15) is 0 Å². The minimum absolute atomic E-state index is 0. The molecule has 0 amide bonds. The van der Waals surface area contributed by atoms with Crippen molar-refractivity contribution in [3.8, 4) is 11.3 Å². The molecule has 0 aliphatic heterocycles. The summed E-state index contributed by atoms with van der Waals surface area (Å²) >= 11 is 0. The summed E-state index contributed by atoms with van der Waals surface area (Å²) in [4.78, 5) is 3.94. The number of aryl methyl sites for hydroxylation is 1. The largest absolute Gasteiger partial charge is 0.402 e. The molecule has 0 bridgehead atoms. The van der Waals surface area contributed by atoms with Gasteiger partial charge in [0, 0.05) is 37.7 Å². The predicted molar refractivity (Wildman–Crippen MR) is 58.2 cm³/mol. The fourth-order valence-corrected chi connectivity index (χ4v) is 1.52. The molecule has 1 aromatic carbocycles. The first-order valence-corrected chi connectivity index (χ1v) is 5.09. The molecule has 2 rings (SSSR count). The Kier molecular flexibility index (Phi) is 4.82. The van der Waals surface area contributed by atoms with Crippen LogP contribution in [0.1, 0.15) is 11.1 Å². The van der Waals surface area contributed by atoms with Crippen molar-refractivity contribution >= 4 is 0 Å². The van der Waals surface area contributed by atoms with E-state index in [0.29, 0.717) is 11.8 Å². The van der Waals surface area contributed by atoms with E-state index in [0.717, 1.165) is 11.6 Å². The number of nitrogens with zero attached hydrogens (tertiary/aromatic N) is 1. The van der Waals surface area contributed by atoms with Crippen molar-refractivity contribution in [1.29, 1.82) is 0 Å². The van der Waals surface area contributed by atoms with Gasteiger partial charge in [-0.1, -0.05) is 11.6 Å². The Balaban J connectivity index is 0.00000180. The van der Waals surface area contributed by atoms with Crippen LogP contribution in [0.5, 0.6) is 0 Å². The number of halogens is 4.